The zero-order chi connectivity index (χ0) is 14.2. The van der Waals surface area contributed by atoms with Gasteiger partial charge in [-0.15, -0.1) is 3.94 Å². The highest BCUT2D eigenvalue weighted by atomic mass is 35.5. The van der Waals surface area contributed by atoms with Crippen molar-refractivity contribution in [2.75, 3.05) is 26.9 Å². The Bertz CT molecular complexity index is 229. The molecule has 0 unspecified atom stereocenters. The van der Waals surface area contributed by atoms with E-state index in [-0.39, 0.29) is 25.9 Å². The third-order valence-electron chi connectivity index (χ3n) is 2.60. The molecule has 0 aliphatic rings. The van der Waals surface area contributed by atoms with Crippen LogP contribution in [0.1, 0.15) is 33.1 Å². The van der Waals surface area contributed by atoms with E-state index >= 15 is 0 Å². The predicted molar refractivity (Wildman–Crippen MR) is 69.1 cm³/mol. The Hall–Kier alpha value is 0.320. The number of methoxy groups -OCH3 is 1. The van der Waals surface area contributed by atoms with Crippen molar-refractivity contribution in [2.45, 2.75) is 44.6 Å². The molecule has 3 nitrogen and oxygen atoms in total. The summed E-state index contributed by atoms with van der Waals surface area (Å²) in [5, 5.41) is 0. The maximum atomic E-state index is 13.5. The number of alkyl halides is 2. The van der Waals surface area contributed by atoms with Crippen molar-refractivity contribution >= 4 is 23.6 Å². The van der Waals surface area contributed by atoms with E-state index < -0.39 is 11.5 Å². The van der Waals surface area contributed by atoms with Gasteiger partial charge in [0.25, 0.3) is 0 Å². The van der Waals surface area contributed by atoms with Crippen LogP contribution in [0, 0.1) is 0 Å². The summed E-state index contributed by atoms with van der Waals surface area (Å²) in [5.74, 6) is -2.77. The molecule has 0 aliphatic heterocycles. The first kappa shape index (κ1) is 18.3. The maximum Gasteiger partial charge on any atom is 0.250 e. The van der Waals surface area contributed by atoms with Crippen molar-refractivity contribution in [1.29, 1.82) is 0 Å². The molecule has 0 atom stereocenters. The zero-order valence-corrected chi connectivity index (χ0v) is 12.5. The molecule has 18 heavy (non-hydrogen) atoms. The first-order valence-corrected chi connectivity index (χ1v) is 6.45. The average Bonchev–Trinajstić information content (AvgIpc) is 2.26. The standard InChI is InChI=1S/C11H21Cl2F2NO2/c1-10(2,16(12)13)4-5-11(14,15)6-7-18-9-8-17-3/h4-9H2,1-3H3. The molecule has 7 heteroatoms. The van der Waals surface area contributed by atoms with Crippen LogP contribution in [-0.2, 0) is 9.47 Å². The van der Waals surface area contributed by atoms with Gasteiger partial charge in [-0.1, -0.05) is 0 Å². The van der Waals surface area contributed by atoms with Crippen molar-refractivity contribution in [3.8, 4) is 0 Å². The van der Waals surface area contributed by atoms with E-state index in [9.17, 15) is 8.78 Å². The van der Waals surface area contributed by atoms with Crippen molar-refractivity contribution in [1.82, 2.24) is 3.94 Å². The molecule has 0 spiro atoms. The molecule has 0 N–H and O–H groups in total. The van der Waals surface area contributed by atoms with Crippen molar-refractivity contribution in [2.24, 2.45) is 0 Å². The van der Waals surface area contributed by atoms with Gasteiger partial charge in [-0.3, -0.25) is 0 Å². The number of nitrogens with zero attached hydrogens (tertiary/aromatic N) is 1. The second-order valence-electron chi connectivity index (χ2n) is 4.76. The second kappa shape index (κ2) is 8.48. The molecule has 0 saturated heterocycles. The Morgan fingerprint density at radius 1 is 1.00 bits per heavy atom. The molecule has 0 saturated carbocycles. The van der Waals surface area contributed by atoms with Crippen LogP contribution in [-0.4, -0.2) is 42.3 Å². The number of hydrogen-bond acceptors (Lipinski definition) is 3. The van der Waals surface area contributed by atoms with E-state index in [1.165, 1.54) is 7.11 Å². The summed E-state index contributed by atoms with van der Waals surface area (Å²) in [4.78, 5) is 0. The molecule has 0 aliphatic carbocycles. The van der Waals surface area contributed by atoms with Gasteiger partial charge in [0.15, 0.2) is 0 Å². The molecule has 0 heterocycles. The van der Waals surface area contributed by atoms with E-state index in [0.717, 1.165) is 3.94 Å². The van der Waals surface area contributed by atoms with Gasteiger partial charge >= 0.3 is 0 Å². The van der Waals surface area contributed by atoms with Gasteiger partial charge in [-0.2, -0.15) is 0 Å². The van der Waals surface area contributed by atoms with E-state index in [2.05, 4.69) is 0 Å². The van der Waals surface area contributed by atoms with Gasteiger partial charge < -0.3 is 9.47 Å². The van der Waals surface area contributed by atoms with E-state index in [4.69, 9.17) is 33.0 Å². The smallest absolute Gasteiger partial charge is 0.250 e. The summed E-state index contributed by atoms with van der Waals surface area (Å²) < 4.78 is 37.7. The fraction of sp³-hybridized carbons (Fsp3) is 1.00. The largest absolute Gasteiger partial charge is 0.382 e. The molecular weight excluding hydrogens is 287 g/mol. The summed E-state index contributed by atoms with van der Waals surface area (Å²) in [6.45, 7) is 4.17. The normalized spacial score (nSPS) is 13.3. The van der Waals surface area contributed by atoms with Crippen LogP contribution in [0.3, 0.4) is 0 Å². The van der Waals surface area contributed by atoms with Gasteiger partial charge in [0, 0.05) is 25.5 Å². The molecule has 0 aromatic heterocycles. The lowest BCUT2D eigenvalue weighted by molar-refractivity contribution is -0.0498. The lowest BCUT2D eigenvalue weighted by Gasteiger charge is -2.29. The zero-order valence-electron chi connectivity index (χ0n) is 11.0. The molecule has 110 valence electrons. The molecule has 0 rings (SSSR count). The summed E-state index contributed by atoms with van der Waals surface area (Å²) in [6.07, 6.45) is -0.383. The molecule has 0 aromatic carbocycles. The first-order chi connectivity index (χ1) is 8.21. The van der Waals surface area contributed by atoms with Gasteiger partial charge in [0.1, 0.15) is 0 Å². The van der Waals surface area contributed by atoms with Gasteiger partial charge in [0.05, 0.1) is 19.8 Å². The molecule has 0 fully saturated rings. The minimum absolute atomic E-state index is 0.0161. The third-order valence-corrected chi connectivity index (χ3v) is 3.52. The van der Waals surface area contributed by atoms with Gasteiger partial charge in [-0.05, 0) is 43.8 Å². The number of rotatable bonds is 10. The molecular formula is C11H21Cl2F2NO2. The van der Waals surface area contributed by atoms with Crippen LogP contribution in [0.4, 0.5) is 8.78 Å². The molecule has 0 aromatic rings. The van der Waals surface area contributed by atoms with Crippen LogP contribution in [0.25, 0.3) is 0 Å². The van der Waals surface area contributed by atoms with E-state index in [1.54, 1.807) is 13.8 Å². The summed E-state index contributed by atoms with van der Waals surface area (Å²) >= 11 is 11.2. The minimum atomic E-state index is -2.77. The highest BCUT2D eigenvalue weighted by Gasteiger charge is 2.33. The Morgan fingerprint density at radius 2 is 1.61 bits per heavy atom. The van der Waals surface area contributed by atoms with Gasteiger partial charge in [-0.25, -0.2) is 8.78 Å². The van der Waals surface area contributed by atoms with Crippen LogP contribution in [0.2, 0.25) is 0 Å². The van der Waals surface area contributed by atoms with Crippen LogP contribution < -0.4 is 0 Å². The lowest BCUT2D eigenvalue weighted by atomic mass is 9.96. The lowest BCUT2D eigenvalue weighted by Crippen LogP contribution is -2.33. The summed E-state index contributed by atoms with van der Waals surface area (Å²) in [7, 11) is 1.53. The fourth-order valence-electron chi connectivity index (χ4n) is 1.16. The molecule has 0 amide bonds. The second-order valence-corrected chi connectivity index (χ2v) is 5.61. The van der Waals surface area contributed by atoms with Crippen LogP contribution in [0.5, 0.6) is 0 Å². The van der Waals surface area contributed by atoms with Crippen LogP contribution >= 0.6 is 23.6 Å². The highest BCUT2D eigenvalue weighted by Crippen LogP contribution is 2.32. The maximum absolute atomic E-state index is 13.5. The first-order valence-electron chi connectivity index (χ1n) is 5.77. The van der Waals surface area contributed by atoms with Crippen LogP contribution in [0.15, 0.2) is 0 Å². The Balaban J connectivity index is 3.86. The average molecular weight is 308 g/mol. The Labute approximate surface area is 118 Å². The fourth-order valence-corrected chi connectivity index (χ4v) is 1.33. The quantitative estimate of drug-likeness (QED) is 0.452. The SMILES string of the molecule is COCCOCCC(F)(F)CCC(C)(C)N(Cl)Cl. The monoisotopic (exact) mass is 307 g/mol. The molecule has 0 bridgehead atoms. The molecule has 0 radical (unpaired) electrons. The topological polar surface area (TPSA) is 21.7 Å². The predicted octanol–water partition coefficient (Wildman–Crippen LogP) is 3.84. The summed E-state index contributed by atoms with van der Waals surface area (Å²) in [5.41, 5.74) is -0.677. The van der Waals surface area contributed by atoms with Crippen molar-refractivity contribution in [3.63, 3.8) is 0 Å². The van der Waals surface area contributed by atoms with Crippen molar-refractivity contribution < 1.29 is 18.3 Å². The summed E-state index contributed by atoms with van der Waals surface area (Å²) in [6, 6.07) is 0. The van der Waals surface area contributed by atoms with Crippen molar-refractivity contribution in [3.05, 3.63) is 0 Å². The number of ether oxygens (including phenoxy) is 2. The Kier molecular flexibility index (Phi) is 8.63. The minimum Gasteiger partial charge on any atom is -0.382 e. The Morgan fingerprint density at radius 3 is 2.11 bits per heavy atom. The highest BCUT2D eigenvalue weighted by molar-refractivity contribution is 6.34. The number of halogens is 4. The van der Waals surface area contributed by atoms with E-state index in [1.807, 2.05) is 0 Å². The number of hydrogen-bond donors (Lipinski definition) is 0. The third kappa shape index (κ3) is 8.43. The van der Waals surface area contributed by atoms with E-state index in [0.29, 0.717) is 13.2 Å². The van der Waals surface area contributed by atoms with Gasteiger partial charge in [0.2, 0.25) is 5.92 Å².